The highest BCUT2D eigenvalue weighted by atomic mass is 79.9. The van der Waals surface area contributed by atoms with Crippen molar-refractivity contribution in [3.63, 3.8) is 0 Å². The van der Waals surface area contributed by atoms with E-state index in [4.69, 9.17) is 4.74 Å². The van der Waals surface area contributed by atoms with E-state index in [0.717, 1.165) is 47.4 Å². The number of hydrogen-bond acceptors (Lipinski definition) is 4. The van der Waals surface area contributed by atoms with Crippen molar-refractivity contribution in [2.75, 3.05) is 25.0 Å². The first kappa shape index (κ1) is 23.5. The number of benzene rings is 1. The fourth-order valence-electron chi connectivity index (χ4n) is 4.27. The molecule has 1 N–H and O–H groups in total. The average molecular weight is 516 g/mol. The van der Waals surface area contributed by atoms with Gasteiger partial charge in [0.2, 0.25) is 0 Å². The van der Waals surface area contributed by atoms with Gasteiger partial charge in [0.25, 0.3) is 0 Å². The van der Waals surface area contributed by atoms with E-state index in [1.165, 1.54) is 24.4 Å². The summed E-state index contributed by atoms with van der Waals surface area (Å²) < 4.78 is 9.10. The molecular weight excluding hydrogens is 480 g/mol. The third kappa shape index (κ3) is 6.22. The van der Waals surface area contributed by atoms with E-state index >= 15 is 0 Å². The minimum atomic E-state index is -1.08. The van der Waals surface area contributed by atoms with Gasteiger partial charge < -0.3 is 14.6 Å². The quantitative estimate of drug-likeness (QED) is 0.273. The molecule has 0 amide bonds. The predicted octanol–water partition coefficient (Wildman–Crippen LogP) is 6.19. The Labute approximate surface area is 201 Å². The molecule has 4 rings (SSSR count). The highest BCUT2D eigenvalue weighted by Gasteiger charge is 2.22. The number of halogens is 1. The number of fused-ring (bicyclic) bond motifs is 1. The first-order valence-corrected chi connectivity index (χ1v) is 16.1. The summed E-state index contributed by atoms with van der Waals surface area (Å²) in [6, 6.07) is 14.5. The smallest absolute Gasteiger partial charge is 0.143 e. The van der Waals surface area contributed by atoms with Crippen LogP contribution in [0.15, 0.2) is 53.3 Å². The monoisotopic (exact) mass is 514 g/mol. The molecular formula is C25H35BrN4OSi. The lowest BCUT2D eigenvalue weighted by molar-refractivity contribution is 0.0899. The van der Waals surface area contributed by atoms with Crippen LogP contribution in [0.3, 0.4) is 0 Å². The Kier molecular flexibility index (Phi) is 7.71. The summed E-state index contributed by atoms with van der Waals surface area (Å²) in [6.45, 7) is 11.7. The van der Waals surface area contributed by atoms with Gasteiger partial charge in [-0.05, 0) is 53.0 Å². The number of anilines is 1. The van der Waals surface area contributed by atoms with Gasteiger partial charge >= 0.3 is 0 Å². The maximum Gasteiger partial charge on any atom is 0.143 e. The van der Waals surface area contributed by atoms with Crippen LogP contribution < -0.4 is 5.32 Å². The fraction of sp³-hybridized carbons (Fsp3) is 0.480. The summed E-state index contributed by atoms with van der Waals surface area (Å²) in [6.07, 6.45) is 6.39. The number of nitrogens with zero attached hydrogens (tertiary/aromatic N) is 3. The highest BCUT2D eigenvalue weighted by Crippen LogP contribution is 2.32. The first-order valence-electron chi connectivity index (χ1n) is 11.6. The van der Waals surface area contributed by atoms with Crippen LogP contribution in [0.4, 0.5) is 5.69 Å². The number of aromatic nitrogens is 2. The molecule has 1 unspecified atom stereocenters. The maximum absolute atomic E-state index is 5.97. The van der Waals surface area contributed by atoms with Gasteiger partial charge in [-0.1, -0.05) is 50.0 Å². The molecule has 3 aromatic rings. The van der Waals surface area contributed by atoms with Crippen LogP contribution in [0.2, 0.25) is 25.7 Å². The van der Waals surface area contributed by atoms with E-state index < -0.39 is 8.07 Å². The van der Waals surface area contributed by atoms with Gasteiger partial charge in [0, 0.05) is 51.6 Å². The Balaban J connectivity index is 1.42. The zero-order valence-electron chi connectivity index (χ0n) is 19.5. The molecule has 0 aliphatic carbocycles. The van der Waals surface area contributed by atoms with Crippen molar-refractivity contribution < 1.29 is 4.74 Å². The minimum absolute atomic E-state index is 0.422. The SMILES string of the molecule is C[Si](C)(C)CCOCn1ccc2c(NC3CCCN(Cc4ccccc4)C3)c(Br)cnc21. The van der Waals surface area contributed by atoms with E-state index in [0.29, 0.717) is 12.8 Å². The van der Waals surface area contributed by atoms with Gasteiger partial charge in [0.15, 0.2) is 0 Å². The molecule has 1 atom stereocenters. The molecule has 1 fully saturated rings. The lowest BCUT2D eigenvalue weighted by Crippen LogP contribution is -2.41. The minimum Gasteiger partial charge on any atom is -0.379 e. The predicted molar refractivity (Wildman–Crippen MR) is 140 cm³/mol. The van der Waals surface area contributed by atoms with Crippen molar-refractivity contribution in [3.05, 3.63) is 58.8 Å². The summed E-state index contributed by atoms with van der Waals surface area (Å²) in [5, 5.41) is 4.98. The second-order valence-electron chi connectivity index (χ2n) is 10.1. The van der Waals surface area contributed by atoms with E-state index in [-0.39, 0.29) is 0 Å². The van der Waals surface area contributed by atoms with Gasteiger partial charge in [-0.2, -0.15) is 0 Å². The van der Waals surface area contributed by atoms with Crippen molar-refractivity contribution in [2.45, 2.75) is 57.8 Å². The number of pyridine rings is 1. The summed E-state index contributed by atoms with van der Waals surface area (Å²) in [4.78, 5) is 7.24. The summed E-state index contributed by atoms with van der Waals surface area (Å²) in [5.41, 5.74) is 3.50. The van der Waals surface area contributed by atoms with Gasteiger partial charge in [0.05, 0.1) is 10.2 Å². The second-order valence-corrected chi connectivity index (χ2v) is 16.5. The molecule has 172 valence electrons. The molecule has 1 aromatic carbocycles. The topological polar surface area (TPSA) is 42.3 Å². The normalized spacial score (nSPS) is 17.7. The molecule has 0 radical (unpaired) electrons. The van der Waals surface area contributed by atoms with Gasteiger partial charge in [0.1, 0.15) is 12.4 Å². The number of likely N-dealkylation sites (tertiary alicyclic amines) is 1. The lowest BCUT2D eigenvalue weighted by atomic mass is 10.0. The van der Waals surface area contributed by atoms with Gasteiger partial charge in [-0.3, -0.25) is 4.90 Å². The molecule has 1 aliphatic rings. The fourth-order valence-corrected chi connectivity index (χ4v) is 5.46. The van der Waals surface area contributed by atoms with Gasteiger partial charge in [-0.25, -0.2) is 4.98 Å². The largest absolute Gasteiger partial charge is 0.379 e. The third-order valence-electron chi connectivity index (χ3n) is 6.07. The van der Waals surface area contributed by atoms with E-state index in [2.05, 4.69) is 97.9 Å². The van der Waals surface area contributed by atoms with Crippen molar-refractivity contribution in [3.8, 4) is 0 Å². The van der Waals surface area contributed by atoms with Crippen LogP contribution in [-0.2, 0) is 18.0 Å². The van der Waals surface area contributed by atoms with E-state index in [1.807, 2.05) is 6.20 Å². The van der Waals surface area contributed by atoms with Crippen LogP contribution in [0, 0.1) is 0 Å². The summed E-state index contributed by atoms with van der Waals surface area (Å²) >= 11 is 3.73. The number of piperidine rings is 1. The molecule has 7 heteroatoms. The van der Waals surface area contributed by atoms with Crippen molar-refractivity contribution in [2.24, 2.45) is 0 Å². The molecule has 5 nitrogen and oxygen atoms in total. The average Bonchev–Trinajstić information content (AvgIpc) is 3.17. The van der Waals surface area contributed by atoms with Crippen LogP contribution in [0.5, 0.6) is 0 Å². The van der Waals surface area contributed by atoms with Crippen LogP contribution >= 0.6 is 15.9 Å². The van der Waals surface area contributed by atoms with Crippen molar-refractivity contribution in [1.82, 2.24) is 14.5 Å². The van der Waals surface area contributed by atoms with Crippen LogP contribution in [0.25, 0.3) is 11.0 Å². The Morgan fingerprint density at radius 2 is 2.00 bits per heavy atom. The standard InChI is InChI=1S/C25H35BrN4OSi/c1-32(2,3)15-14-31-19-30-13-11-22-24(23(26)16-27-25(22)30)28-21-10-7-12-29(18-21)17-20-8-5-4-6-9-20/h4-6,8-9,11,13,16,21H,7,10,12,14-15,17-19H2,1-3H3,(H,27,28). The molecule has 0 saturated carbocycles. The Hall–Kier alpha value is -1.67. The molecule has 2 aromatic heterocycles. The molecule has 1 aliphatic heterocycles. The molecule has 1 saturated heterocycles. The molecule has 3 heterocycles. The second kappa shape index (κ2) is 10.5. The van der Waals surface area contributed by atoms with Gasteiger partial charge in [-0.15, -0.1) is 0 Å². The van der Waals surface area contributed by atoms with E-state index in [9.17, 15) is 0 Å². The van der Waals surface area contributed by atoms with Crippen LogP contribution in [0.1, 0.15) is 18.4 Å². The number of rotatable bonds is 9. The zero-order valence-corrected chi connectivity index (χ0v) is 22.1. The molecule has 0 spiro atoms. The Morgan fingerprint density at radius 3 is 2.78 bits per heavy atom. The van der Waals surface area contributed by atoms with Crippen LogP contribution in [-0.4, -0.2) is 48.3 Å². The lowest BCUT2D eigenvalue weighted by Gasteiger charge is -2.34. The summed E-state index contributed by atoms with van der Waals surface area (Å²) in [7, 11) is -1.08. The van der Waals surface area contributed by atoms with Crippen molar-refractivity contribution in [1.29, 1.82) is 0 Å². The Bertz CT molecular complexity index is 1020. The van der Waals surface area contributed by atoms with Crippen molar-refractivity contribution >= 4 is 40.7 Å². The third-order valence-corrected chi connectivity index (χ3v) is 8.38. The first-order chi connectivity index (χ1) is 15.4. The highest BCUT2D eigenvalue weighted by molar-refractivity contribution is 9.10. The summed E-state index contributed by atoms with van der Waals surface area (Å²) in [5.74, 6) is 0. The molecule has 0 bridgehead atoms. The van der Waals surface area contributed by atoms with E-state index in [1.54, 1.807) is 0 Å². The Morgan fingerprint density at radius 1 is 1.19 bits per heavy atom. The zero-order chi connectivity index (χ0) is 22.6. The number of nitrogens with one attached hydrogen (secondary N) is 1. The number of ether oxygens (including phenoxy) is 1. The number of hydrogen-bond donors (Lipinski definition) is 1. The molecule has 32 heavy (non-hydrogen) atoms. The maximum atomic E-state index is 5.97.